The lowest BCUT2D eigenvalue weighted by molar-refractivity contribution is -0.116. The summed E-state index contributed by atoms with van der Waals surface area (Å²) in [6.07, 6.45) is 0. The number of nitrogens with one attached hydrogen (secondary N) is 3. The minimum absolute atomic E-state index is 0.238. The highest BCUT2D eigenvalue weighted by Crippen LogP contribution is 2.23. The van der Waals surface area contributed by atoms with Crippen LogP contribution in [0.2, 0.25) is 0 Å². The van der Waals surface area contributed by atoms with Gasteiger partial charge in [-0.05, 0) is 43.3 Å². The van der Waals surface area contributed by atoms with Gasteiger partial charge in [-0.15, -0.1) is 0 Å². The fourth-order valence-electron chi connectivity index (χ4n) is 2.49. The standard InChI is InChI=1S/C20H23N3O6S/c1-13(20(26)22-16-10-8-15(9-11-16)21-14(2)24)30(27,28)12-19(25)23-17-6-4-5-7-18(17)29-3/h4-11,13H,12H2,1-3H3,(H,21,24)(H,22,26)(H,23,25). The lowest BCUT2D eigenvalue weighted by Crippen LogP contribution is -2.37. The van der Waals surface area contributed by atoms with E-state index in [1.54, 1.807) is 36.4 Å². The van der Waals surface area contributed by atoms with E-state index >= 15 is 0 Å². The summed E-state index contributed by atoms with van der Waals surface area (Å²) in [5.41, 5.74) is 1.22. The van der Waals surface area contributed by atoms with Gasteiger partial charge in [0.05, 0.1) is 12.8 Å². The van der Waals surface area contributed by atoms with Crippen molar-refractivity contribution in [3.63, 3.8) is 0 Å². The van der Waals surface area contributed by atoms with Crippen LogP contribution in [0.15, 0.2) is 48.5 Å². The highest BCUT2D eigenvalue weighted by atomic mass is 32.2. The van der Waals surface area contributed by atoms with Crippen LogP contribution in [0.3, 0.4) is 0 Å². The van der Waals surface area contributed by atoms with Crippen LogP contribution in [0.1, 0.15) is 13.8 Å². The predicted molar refractivity (Wildman–Crippen MR) is 114 cm³/mol. The maximum absolute atomic E-state index is 12.5. The number of ether oxygens (including phenoxy) is 1. The Labute approximate surface area is 174 Å². The molecular weight excluding hydrogens is 410 g/mol. The van der Waals surface area contributed by atoms with E-state index in [0.717, 1.165) is 0 Å². The lowest BCUT2D eigenvalue weighted by atomic mass is 10.2. The zero-order valence-electron chi connectivity index (χ0n) is 16.8. The Morgan fingerprint density at radius 3 is 2.07 bits per heavy atom. The Balaban J connectivity index is 2.00. The van der Waals surface area contributed by atoms with Crippen molar-refractivity contribution < 1.29 is 27.5 Å². The molecule has 10 heteroatoms. The first-order valence-electron chi connectivity index (χ1n) is 8.95. The second-order valence-corrected chi connectivity index (χ2v) is 8.77. The molecule has 0 bridgehead atoms. The number of hydrogen-bond acceptors (Lipinski definition) is 6. The van der Waals surface area contributed by atoms with Crippen LogP contribution in [0, 0.1) is 0 Å². The Hall–Kier alpha value is -3.40. The van der Waals surface area contributed by atoms with Gasteiger partial charge in [0.2, 0.25) is 17.7 Å². The van der Waals surface area contributed by atoms with Crippen LogP contribution in [0.4, 0.5) is 17.1 Å². The van der Waals surface area contributed by atoms with Crippen LogP contribution in [0.5, 0.6) is 5.75 Å². The van der Waals surface area contributed by atoms with Crippen molar-refractivity contribution in [3.05, 3.63) is 48.5 Å². The molecule has 0 saturated carbocycles. The van der Waals surface area contributed by atoms with Crippen molar-refractivity contribution in [2.24, 2.45) is 0 Å². The quantitative estimate of drug-likeness (QED) is 0.584. The van der Waals surface area contributed by atoms with Gasteiger partial charge in [0.15, 0.2) is 9.84 Å². The summed E-state index contributed by atoms with van der Waals surface area (Å²) >= 11 is 0. The molecule has 0 radical (unpaired) electrons. The second kappa shape index (κ2) is 9.88. The van der Waals surface area contributed by atoms with Gasteiger partial charge in [0, 0.05) is 18.3 Å². The van der Waals surface area contributed by atoms with Gasteiger partial charge in [0.1, 0.15) is 16.8 Å². The number of anilines is 3. The Kier molecular flexibility index (Phi) is 7.54. The number of methoxy groups -OCH3 is 1. The molecule has 2 rings (SSSR count). The van der Waals surface area contributed by atoms with E-state index in [2.05, 4.69) is 16.0 Å². The van der Waals surface area contributed by atoms with Crippen molar-refractivity contribution >= 4 is 44.6 Å². The first-order valence-corrected chi connectivity index (χ1v) is 10.7. The van der Waals surface area contributed by atoms with Crippen LogP contribution in [-0.2, 0) is 24.2 Å². The van der Waals surface area contributed by atoms with E-state index in [1.807, 2.05) is 0 Å². The second-order valence-electron chi connectivity index (χ2n) is 6.45. The monoisotopic (exact) mass is 433 g/mol. The molecule has 30 heavy (non-hydrogen) atoms. The molecule has 0 aliphatic carbocycles. The molecule has 3 N–H and O–H groups in total. The number of rotatable bonds is 8. The minimum atomic E-state index is -4.06. The van der Waals surface area contributed by atoms with Crippen LogP contribution in [-0.4, -0.2) is 44.3 Å². The maximum Gasteiger partial charge on any atom is 0.242 e. The van der Waals surface area contributed by atoms with Gasteiger partial charge >= 0.3 is 0 Å². The number of hydrogen-bond donors (Lipinski definition) is 3. The molecule has 9 nitrogen and oxygen atoms in total. The zero-order chi connectivity index (χ0) is 22.3. The third-order valence-corrected chi connectivity index (χ3v) is 6.05. The third-order valence-electron chi connectivity index (χ3n) is 4.09. The predicted octanol–water partition coefficient (Wildman–Crippen LogP) is 2.03. The van der Waals surface area contributed by atoms with Gasteiger partial charge in [-0.25, -0.2) is 8.42 Å². The first kappa shape index (κ1) is 22.9. The SMILES string of the molecule is COc1ccccc1NC(=O)CS(=O)(=O)C(C)C(=O)Nc1ccc(NC(C)=O)cc1. The molecule has 0 fully saturated rings. The third kappa shape index (κ3) is 6.31. The fourth-order valence-corrected chi connectivity index (χ4v) is 3.56. The summed E-state index contributed by atoms with van der Waals surface area (Å²) in [5.74, 6) is -2.26. The van der Waals surface area contributed by atoms with Crippen LogP contribution in [0.25, 0.3) is 0 Å². The van der Waals surface area contributed by atoms with Crippen LogP contribution < -0.4 is 20.7 Å². The Bertz CT molecular complexity index is 1030. The molecule has 160 valence electrons. The zero-order valence-corrected chi connectivity index (χ0v) is 17.6. The molecule has 1 atom stereocenters. The van der Waals surface area contributed by atoms with E-state index in [0.29, 0.717) is 22.8 Å². The maximum atomic E-state index is 12.5. The molecule has 0 heterocycles. The van der Waals surface area contributed by atoms with Crippen LogP contribution >= 0.6 is 0 Å². The summed E-state index contributed by atoms with van der Waals surface area (Å²) in [7, 11) is -2.64. The molecule has 0 aliphatic heterocycles. The van der Waals surface area contributed by atoms with Gasteiger partial charge in [-0.3, -0.25) is 14.4 Å². The highest BCUT2D eigenvalue weighted by Gasteiger charge is 2.30. The van der Waals surface area contributed by atoms with Gasteiger partial charge in [0.25, 0.3) is 0 Å². The van der Waals surface area contributed by atoms with Crippen molar-refractivity contribution in [1.82, 2.24) is 0 Å². The summed E-state index contributed by atoms with van der Waals surface area (Å²) in [5, 5.41) is 6.09. The highest BCUT2D eigenvalue weighted by molar-refractivity contribution is 7.93. The number of sulfone groups is 1. The average molecular weight is 433 g/mol. The average Bonchev–Trinajstić information content (AvgIpc) is 2.68. The first-order chi connectivity index (χ1) is 14.1. The van der Waals surface area contributed by atoms with E-state index in [9.17, 15) is 22.8 Å². The molecular formula is C20H23N3O6S. The number of carbonyl (C=O) groups is 3. The van der Waals surface area contributed by atoms with Crippen molar-refractivity contribution in [2.45, 2.75) is 19.1 Å². The molecule has 2 aromatic rings. The fraction of sp³-hybridized carbons (Fsp3) is 0.250. The number of carbonyl (C=O) groups excluding carboxylic acids is 3. The van der Waals surface area contributed by atoms with Crippen molar-refractivity contribution in [3.8, 4) is 5.75 Å². The Morgan fingerprint density at radius 2 is 1.50 bits per heavy atom. The number of para-hydroxylation sites is 2. The molecule has 0 aromatic heterocycles. The van der Waals surface area contributed by atoms with E-state index in [1.165, 1.54) is 33.1 Å². The molecule has 2 aromatic carbocycles. The molecule has 0 spiro atoms. The Morgan fingerprint density at radius 1 is 0.933 bits per heavy atom. The molecule has 0 saturated heterocycles. The molecule has 3 amide bonds. The molecule has 1 unspecified atom stereocenters. The van der Waals surface area contributed by atoms with Crippen molar-refractivity contribution in [1.29, 1.82) is 0 Å². The number of amides is 3. The molecule has 0 aliphatic rings. The van der Waals surface area contributed by atoms with Gasteiger partial charge in [-0.2, -0.15) is 0 Å². The lowest BCUT2D eigenvalue weighted by Gasteiger charge is -2.14. The minimum Gasteiger partial charge on any atom is -0.495 e. The van der Waals surface area contributed by atoms with Gasteiger partial charge < -0.3 is 20.7 Å². The summed E-state index contributed by atoms with van der Waals surface area (Å²) in [4.78, 5) is 35.6. The number of benzene rings is 2. The largest absolute Gasteiger partial charge is 0.495 e. The smallest absolute Gasteiger partial charge is 0.242 e. The summed E-state index contributed by atoms with van der Waals surface area (Å²) < 4.78 is 30.1. The van der Waals surface area contributed by atoms with E-state index in [-0.39, 0.29) is 5.91 Å². The topological polar surface area (TPSA) is 131 Å². The van der Waals surface area contributed by atoms with Crippen molar-refractivity contribution in [2.75, 3.05) is 28.8 Å². The van der Waals surface area contributed by atoms with Gasteiger partial charge in [-0.1, -0.05) is 12.1 Å². The normalized spacial score (nSPS) is 11.8. The summed E-state index contributed by atoms with van der Waals surface area (Å²) in [6.45, 7) is 2.58. The van der Waals surface area contributed by atoms with E-state index < -0.39 is 32.7 Å². The summed E-state index contributed by atoms with van der Waals surface area (Å²) in [6, 6.07) is 12.8. The van der Waals surface area contributed by atoms with E-state index in [4.69, 9.17) is 4.74 Å².